The van der Waals surface area contributed by atoms with E-state index in [1.165, 1.54) is 0 Å². The quantitative estimate of drug-likeness (QED) is 0.0208. The molecule has 1 heterocycles. The molecule has 2 unspecified atom stereocenters. The van der Waals surface area contributed by atoms with Crippen molar-refractivity contribution < 1.29 is 56.8 Å². The van der Waals surface area contributed by atoms with Crippen molar-refractivity contribution in [2.24, 2.45) is 0 Å². The topological polar surface area (TPSA) is 186 Å². The molecule has 13 heteroatoms. The lowest BCUT2D eigenvalue weighted by molar-refractivity contribution is -0.297. The Morgan fingerprint density at radius 1 is 0.548 bits per heavy atom. The molecule has 6 atom stereocenters. The minimum atomic E-state index is -4.62. The van der Waals surface area contributed by atoms with Gasteiger partial charge in [-0.3, -0.25) is 14.1 Å². The zero-order valence-electron chi connectivity index (χ0n) is 36.9. The number of hydrogen-bond donors (Lipinski definition) is 4. The van der Waals surface area contributed by atoms with Crippen LogP contribution in [0, 0.1) is 0 Å². The molecular weight excluding hydrogens is 813 g/mol. The van der Waals surface area contributed by atoms with Crippen LogP contribution in [-0.2, 0) is 38.7 Å². The van der Waals surface area contributed by atoms with Gasteiger partial charge in [0.15, 0.2) is 12.4 Å². The zero-order valence-corrected chi connectivity index (χ0v) is 37.7. The molecule has 348 valence electrons. The molecule has 1 fully saturated rings. The average molecular weight is 887 g/mol. The van der Waals surface area contributed by atoms with Gasteiger partial charge in [0, 0.05) is 12.8 Å². The van der Waals surface area contributed by atoms with Crippen molar-refractivity contribution in [3.8, 4) is 0 Å². The van der Waals surface area contributed by atoms with E-state index in [9.17, 15) is 37.9 Å². The molecule has 0 saturated carbocycles. The highest BCUT2D eigenvalue weighted by Gasteiger charge is 2.46. The van der Waals surface area contributed by atoms with Crippen molar-refractivity contribution in [2.45, 2.75) is 153 Å². The number of hydrogen-bond acceptors (Lipinski definition) is 11. The van der Waals surface area contributed by atoms with Crippen molar-refractivity contribution in [1.29, 1.82) is 0 Å². The number of ether oxygens (including phenoxy) is 4. The van der Waals surface area contributed by atoms with E-state index >= 15 is 0 Å². The number of rotatable bonds is 34. The standard InChI is InChI=1S/C49H74O12S/c1-3-5-7-9-11-13-15-17-19-20-21-22-24-26-28-30-32-34-36-38-45(51)60-42(40-59-49-48(54)47(53)46(52)43(61-49)41-62(55,56)57)39-58-44(50)37-35-33-31-29-27-25-23-18-16-14-12-10-8-6-4-2/h5-8,11-14,17-19,21-23,26-29,32,34,42-43,46-49,52-54H,3-4,9-10,15-16,20,24-25,30-31,33,35-41H2,1-2H3,(H,55,56,57)/b7-5+,8-6+,13-11+,14-12+,19-17+,22-21+,23-18+,28-26+,29-27+,34-32+/t42-,43-,46-,47?,48?,49+/m1/s1. The summed E-state index contributed by atoms with van der Waals surface area (Å²) in [7, 11) is -4.62. The SMILES string of the molecule is CC/C=C/C/C=C/C/C=C/C/C=C/C/C=C/C/C=C/CCC(=O)O[C@H](COC(=O)CCCC/C=C/C/C=C/C/C=C/C/C=C/CC)CO[C@H]1O[C@H](CS(=O)(=O)O)[C@@H](O)C(O)C1O. The normalized spacial score (nSPS) is 21.0. The maximum absolute atomic E-state index is 12.8. The summed E-state index contributed by atoms with van der Waals surface area (Å²) in [6.45, 7) is 3.40. The highest BCUT2D eigenvalue weighted by molar-refractivity contribution is 7.85. The third kappa shape index (κ3) is 31.8. The van der Waals surface area contributed by atoms with Crippen LogP contribution in [0.4, 0.5) is 0 Å². The summed E-state index contributed by atoms with van der Waals surface area (Å²) >= 11 is 0. The molecule has 0 amide bonds. The van der Waals surface area contributed by atoms with Gasteiger partial charge in [0.2, 0.25) is 0 Å². The third-order valence-corrected chi connectivity index (χ3v) is 9.80. The van der Waals surface area contributed by atoms with Crippen molar-refractivity contribution >= 4 is 22.1 Å². The number of unbranched alkanes of at least 4 members (excludes halogenated alkanes) is 2. The Labute approximate surface area is 371 Å². The lowest BCUT2D eigenvalue weighted by atomic mass is 10.00. The minimum absolute atomic E-state index is 0.0216. The fraction of sp³-hybridized carbons (Fsp3) is 0.551. The summed E-state index contributed by atoms with van der Waals surface area (Å²) < 4.78 is 53.9. The highest BCUT2D eigenvalue weighted by atomic mass is 32.2. The second-order valence-electron chi connectivity index (χ2n) is 14.6. The predicted molar refractivity (Wildman–Crippen MR) is 247 cm³/mol. The van der Waals surface area contributed by atoms with Gasteiger partial charge in [0.25, 0.3) is 10.1 Å². The lowest BCUT2D eigenvalue weighted by Crippen LogP contribution is -2.60. The minimum Gasteiger partial charge on any atom is -0.462 e. The number of carbonyl (C=O) groups is 2. The molecule has 1 aliphatic rings. The number of allylic oxidation sites excluding steroid dienone is 20. The summed E-state index contributed by atoms with van der Waals surface area (Å²) in [4.78, 5) is 25.4. The van der Waals surface area contributed by atoms with Crippen molar-refractivity contribution in [3.05, 3.63) is 122 Å². The number of carbonyl (C=O) groups excluding carboxylic acids is 2. The van der Waals surface area contributed by atoms with Gasteiger partial charge in [-0.05, 0) is 89.9 Å². The van der Waals surface area contributed by atoms with E-state index < -0.39 is 71.2 Å². The Morgan fingerprint density at radius 3 is 1.44 bits per heavy atom. The number of aliphatic hydroxyl groups is 3. The molecule has 4 N–H and O–H groups in total. The first kappa shape index (κ1) is 56.1. The molecule has 0 radical (unpaired) electrons. The third-order valence-electron chi connectivity index (χ3n) is 9.05. The molecular formula is C49H74O12S. The fourth-order valence-electron chi connectivity index (χ4n) is 5.69. The second-order valence-corrected chi connectivity index (χ2v) is 16.1. The Balaban J connectivity index is 2.56. The monoisotopic (exact) mass is 886 g/mol. The zero-order chi connectivity index (χ0) is 45.5. The summed E-state index contributed by atoms with van der Waals surface area (Å²) in [6.07, 6.45) is 44.0. The molecule has 1 rings (SSSR count). The van der Waals surface area contributed by atoms with Crippen LogP contribution in [0.3, 0.4) is 0 Å². The second kappa shape index (κ2) is 37.6. The van der Waals surface area contributed by atoms with E-state index in [4.69, 9.17) is 18.9 Å². The van der Waals surface area contributed by atoms with E-state index in [-0.39, 0.29) is 19.4 Å². The van der Waals surface area contributed by atoms with Gasteiger partial charge in [0.05, 0.1) is 6.61 Å². The fourth-order valence-corrected chi connectivity index (χ4v) is 6.38. The van der Waals surface area contributed by atoms with Crippen molar-refractivity contribution in [1.82, 2.24) is 0 Å². The molecule has 0 aromatic heterocycles. The maximum Gasteiger partial charge on any atom is 0.306 e. The molecule has 0 aromatic rings. The molecule has 1 saturated heterocycles. The Hall–Kier alpha value is -3.95. The summed E-state index contributed by atoms with van der Waals surface area (Å²) in [5.74, 6) is -2.17. The predicted octanol–water partition coefficient (Wildman–Crippen LogP) is 9.00. The van der Waals surface area contributed by atoms with Crippen LogP contribution < -0.4 is 0 Å². The van der Waals surface area contributed by atoms with Crippen molar-refractivity contribution in [2.75, 3.05) is 19.0 Å². The average Bonchev–Trinajstić information content (AvgIpc) is 3.24. The van der Waals surface area contributed by atoms with Crippen LogP contribution in [0.1, 0.15) is 117 Å². The van der Waals surface area contributed by atoms with Crippen LogP contribution in [-0.4, -0.2) is 96.0 Å². The first-order valence-electron chi connectivity index (χ1n) is 22.1. The molecule has 0 bridgehead atoms. The van der Waals surface area contributed by atoms with Gasteiger partial charge < -0.3 is 34.3 Å². The Kier molecular flexibility index (Phi) is 34.0. The van der Waals surface area contributed by atoms with Crippen LogP contribution in [0.5, 0.6) is 0 Å². The van der Waals surface area contributed by atoms with E-state index in [0.717, 1.165) is 70.6 Å². The smallest absolute Gasteiger partial charge is 0.306 e. The molecule has 12 nitrogen and oxygen atoms in total. The van der Waals surface area contributed by atoms with Gasteiger partial charge in [0.1, 0.15) is 36.8 Å². The Morgan fingerprint density at radius 2 is 0.984 bits per heavy atom. The van der Waals surface area contributed by atoms with Crippen LogP contribution >= 0.6 is 0 Å². The molecule has 1 aliphatic heterocycles. The van der Waals surface area contributed by atoms with Crippen molar-refractivity contribution in [3.63, 3.8) is 0 Å². The van der Waals surface area contributed by atoms with E-state index in [2.05, 4.69) is 117 Å². The molecule has 62 heavy (non-hydrogen) atoms. The van der Waals surface area contributed by atoms with E-state index in [0.29, 0.717) is 19.3 Å². The number of esters is 2. The van der Waals surface area contributed by atoms with Crippen LogP contribution in [0.15, 0.2) is 122 Å². The van der Waals surface area contributed by atoms with Crippen LogP contribution in [0.25, 0.3) is 0 Å². The van der Waals surface area contributed by atoms with E-state index in [1.54, 1.807) is 0 Å². The van der Waals surface area contributed by atoms with Gasteiger partial charge in [-0.15, -0.1) is 0 Å². The maximum atomic E-state index is 12.8. The molecule has 0 aliphatic carbocycles. The van der Waals surface area contributed by atoms with Gasteiger partial charge in [-0.1, -0.05) is 135 Å². The molecule has 0 spiro atoms. The molecule has 0 aromatic carbocycles. The van der Waals surface area contributed by atoms with Gasteiger partial charge in [-0.25, -0.2) is 0 Å². The first-order valence-corrected chi connectivity index (χ1v) is 23.7. The van der Waals surface area contributed by atoms with Crippen LogP contribution in [0.2, 0.25) is 0 Å². The summed E-state index contributed by atoms with van der Waals surface area (Å²) in [5.41, 5.74) is 0. The summed E-state index contributed by atoms with van der Waals surface area (Å²) in [6, 6.07) is 0. The Bertz CT molecular complexity index is 1600. The number of aliphatic hydroxyl groups excluding tert-OH is 3. The van der Waals surface area contributed by atoms with E-state index in [1.807, 2.05) is 18.2 Å². The van der Waals surface area contributed by atoms with Gasteiger partial charge in [-0.2, -0.15) is 8.42 Å². The lowest BCUT2D eigenvalue weighted by Gasteiger charge is -2.40. The first-order chi connectivity index (χ1) is 30.0. The van der Waals surface area contributed by atoms with Gasteiger partial charge >= 0.3 is 11.9 Å². The summed E-state index contributed by atoms with van der Waals surface area (Å²) in [5, 5.41) is 30.9. The highest BCUT2D eigenvalue weighted by Crippen LogP contribution is 2.23. The largest absolute Gasteiger partial charge is 0.462 e.